The number of carbonyl (C=O) groups excluding carboxylic acids is 1. The average molecular weight is 245 g/mol. The lowest BCUT2D eigenvalue weighted by Gasteiger charge is -2.17. The van der Waals surface area contributed by atoms with E-state index in [1.54, 1.807) is 11.2 Å². The highest BCUT2D eigenvalue weighted by Crippen LogP contribution is 2.20. The van der Waals surface area contributed by atoms with Crippen LogP contribution in [0.3, 0.4) is 0 Å². The van der Waals surface area contributed by atoms with E-state index in [1.807, 2.05) is 36.9 Å². The Morgan fingerprint density at radius 3 is 2.94 bits per heavy atom. The SMILES string of the molecule is CCCCC(=O)N(C)c1ccc2c(c1)ncn2C. The maximum absolute atomic E-state index is 11.9. The molecule has 1 aromatic carbocycles. The first-order valence-corrected chi connectivity index (χ1v) is 6.31. The minimum atomic E-state index is 0.159. The molecule has 2 rings (SSSR count). The van der Waals surface area contributed by atoms with Gasteiger partial charge in [-0.05, 0) is 24.6 Å². The molecular weight excluding hydrogens is 226 g/mol. The number of amides is 1. The zero-order valence-corrected chi connectivity index (χ0v) is 11.2. The number of nitrogens with zero attached hydrogens (tertiary/aromatic N) is 3. The van der Waals surface area contributed by atoms with Gasteiger partial charge in [-0.1, -0.05) is 13.3 Å². The molecule has 0 spiro atoms. The summed E-state index contributed by atoms with van der Waals surface area (Å²) in [4.78, 5) is 18.0. The quantitative estimate of drug-likeness (QED) is 0.830. The number of hydrogen-bond acceptors (Lipinski definition) is 2. The summed E-state index contributed by atoms with van der Waals surface area (Å²) in [5.41, 5.74) is 2.90. The third-order valence-corrected chi connectivity index (χ3v) is 3.21. The van der Waals surface area contributed by atoms with Crippen LogP contribution in [0.15, 0.2) is 24.5 Å². The summed E-state index contributed by atoms with van der Waals surface area (Å²) in [7, 11) is 3.78. The third kappa shape index (κ3) is 2.37. The van der Waals surface area contributed by atoms with Crippen LogP contribution in [0.5, 0.6) is 0 Å². The van der Waals surface area contributed by atoms with Crippen LogP contribution >= 0.6 is 0 Å². The van der Waals surface area contributed by atoms with E-state index in [4.69, 9.17) is 0 Å². The highest BCUT2D eigenvalue weighted by Gasteiger charge is 2.11. The molecule has 4 heteroatoms. The van der Waals surface area contributed by atoms with Crippen LogP contribution in [0.2, 0.25) is 0 Å². The van der Waals surface area contributed by atoms with Gasteiger partial charge in [-0.3, -0.25) is 4.79 Å². The second-order valence-electron chi connectivity index (χ2n) is 4.58. The monoisotopic (exact) mass is 245 g/mol. The Morgan fingerprint density at radius 2 is 2.22 bits per heavy atom. The fourth-order valence-electron chi connectivity index (χ4n) is 1.97. The van der Waals surface area contributed by atoms with Gasteiger partial charge in [0.05, 0.1) is 17.4 Å². The van der Waals surface area contributed by atoms with Gasteiger partial charge in [0, 0.05) is 26.2 Å². The molecule has 0 saturated heterocycles. The van der Waals surface area contributed by atoms with Gasteiger partial charge < -0.3 is 9.47 Å². The Labute approximate surface area is 107 Å². The van der Waals surface area contributed by atoms with Gasteiger partial charge in [0.1, 0.15) is 0 Å². The van der Waals surface area contributed by atoms with Crippen molar-refractivity contribution in [1.29, 1.82) is 0 Å². The molecule has 18 heavy (non-hydrogen) atoms. The summed E-state index contributed by atoms with van der Waals surface area (Å²) >= 11 is 0. The van der Waals surface area contributed by atoms with Gasteiger partial charge in [-0.2, -0.15) is 0 Å². The topological polar surface area (TPSA) is 38.1 Å². The van der Waals surface area contributed by atoms with Crippen molar-refractivity contribution in [2.24, 2.45) is 7.05 Å². The predicted molar refractivity (Wildman–Crippen MR) is 73.6 cm³/mol. The van der Waals surface area contributed by atoms with Gasteiger partial charge in [0.2, 0.25) is 5.91 Å². The standard InChI is InChI=1S/C14H19N3O/c1-4-5-6-14(18)17(3)11-7-8-13-12(9-11)15-10-16(13)2/h7-10H,4-6H2,1-3H3. The van der Waals surface area contributed by atoms with E-state index in [2.05, 4.69) is 11.9 Å². The molecule has 1 heterocycles. The molecule has 0 aliphatic heterocycles. The fraction of sp³-hybridized carbons (Fsp3) is 0.429. The second kappa shape index (κ2) is 5.21. The molecular formula is C14H19N3O. The summed E-state index contributed by atoms with van der Waals surface area (Å²) in [6, 6.07) is 5.92. The van der Waals surface area contributed by atoms with Crippen LogP contribution in [0.1, 0.15) is 26.2 Å². The van der Waals surface area contributed by atoms with Crippen molar-refractivity contribution in [2.75, 3.05) is 11.9 Å². The molecule has 2 aromatic rings. The van der Waals surface area contributed by atoms with Crippen molar-refractivity contribution in [3.8, 4) is 0 Å². The number of fused-ring (bicyclic) bond motifs is 1. The fourth-order valence-corrected chi connectivity index (χ4v) is 1.97. The molecule has 4 nitrogen and oxygen atoms in total. The largest absolute Gasteiger partial charge is 0.334 e. The molecule has 0 atom stereocenters. The van der Waals surface area contributed by atoms with Crippen LogP contribution in [-0.2, 0) is 11.8 Å². The number of rotatable bonds is 4. The highest BCUT2D eigenvalue weighted by atomic mass is 16.2. The third-order valence-electron chi connectivity index (χ3n) is 3.21. The Morgan fingerprint density at radius 1 is 1.44 bits per heavy atom. The Bertz CT molecular complexity index is 559. The lowest BCUT2D eigenvalue weighted by molar-refractivity contribution is -0.118. The van der Waals surface area contributed by atoms with E-state index in [0.29, 0.717) is 6.42 Å². The number of benzene rings is 1. The lowest BCUT2D eigenvalue weighted by Crippen LogP contribution is -2.25. The van der Waals surface area contributed by atoms with Gasteiger partial charge in [0.15, 0.2) is 0 Å². The maximum Gasteiger partial charge on any atom is 0.226 e. The van der Waals surface area contributed by atoms with Crippen LogP contribution in [-0.4, -0.2) is 22.5 Å². The maximum atomic E-state index is 11.9. The summed E-state index contributed by atoms with van der Waals surface area (Å²) in [6.45, 7) is 2.09. The normalized spacial score (nSPS) is 10.8. The lowest BCUT2D eigenvalue weighted by atomic mass is 10.2. The zero-order chi connectivity index (χ0) is 13.1. The minimum absolute atomic E-state index is 0.159. The molecule has 1 amide bonds. The molecule has 0 N–H and O–H groups in total. The Kier molecular flexibility index (Phi) is 3.65. The summed E-state index contributed by atoms with van der Waals surface area (Å²) in [5.74, 6) is 0.159. The van der Waals surface area contributed by atoms with Crippen LogP contribution in [0.4, 0.5) is 5.69 Å². The van der Waals surface area contributed by atoms with E-state index in [0.717, 1.165) is 29.6 Å². The number of carbonyl (C=O) groups is 1. The molecule has 0 unspecified atom stereocenters. The van der Waals surface area contributed by atoms with Crippen LogP contribution < -0.4 is 4.90 Å². The van der Waals surface area contributed by atoms with Crippen molar-refractivity contribution in [1.82, 2.24) is 9.55 Å². The average Bonchev–Trinajstić information content (AvgIpc) is 2.76. The number of imidazole rings is 1. The summed E-state index contributed by atoms with van der Waals surface area (Å²) < 4.78 is 1.97. The molecule has 0 aliphatic carbocycles. The van der Waals surface area contributed by atoms with Crippen molar-refractivity contribution < 1.29 is 4.79 Å². The molecule has 0 radical (unpaired) electrons. The first kappa shape index (κ1) is 12.6. The summed E-state index contributed by atoms with van der Waals surface area (Å²) in [6.07, 6.45) is 4.37. The number of hydrogen-bond donors (Lipinski definition) is 0. The predicted octanol–water partition coefficient (Wildman–Crippen LogP) is 2.73. The number of unbranched alkanes of at least 4 members (excludes halogenated alkanes) is 1. The molecule has 96 valence electrons. The van der Waals surface area contributed by atoms with Crippen LogP contribution in [0, 0.1) is 0 Å². The van der Waals surface area contributed by atoms with E-state index in [1.165, 1.54) is 0 Å². The van der Waals surface area contributed by atoms with Gasteiger partial charge in [-0.15, -0.1) is 0 Å². The zero-order valence-electron chi connectivity index (χ0n) is 11.2. The molecule has 1 aromatic heterocycles. The number of aryl methyl sites for hydroxylation is 1. The van der Waals surface area contributed by atoms with Crippen LogP contribution in [0.25, 0.3) is 11.0 Å². The van der Waals surface area contributed by atoms with Gasteiger partial charge in [0.25, 0.3) is 0 Å². The Balaban J connectivity index is 2.22. The number of aromatic nitrogens is 2. The highest BCUT2D eigenvalue weighted by molar-refractivity contribution is 5.94. The van der Waals surface area contributed by atoms with Gasteiger partial charge >= 0.3 is 0 Å². The Hall–Kier alpha value is -1.84. The van der Waals surface area contributed by atoms with E-state index in [9.17, 15) is 4.79 Å². The van der Waals surface area contributed by atoms with Gasteiger partial charge in [-0.25, -0.2) is 4.98 Å². The van der Waals surface area contributed by atoms with E-state index >= 15 is 0 Å². The van der Waals surface area contributed by atoms with Crippen molar-refractivity contribution in [3.63, 3.8) is 0 Å². The van der Waals surface area contributed by atoms with Crippen molar-refractivity contribution in [3.05, 3.63) is 24.5 Å². The van der Waals surface area contributed by atoms with E-state index < -0.39 is 0 Å². The van der Waals surface area contributed by atoms with E-state index in [-0.39, 0.29) is 5.91 Å². The minimum Gasteiger partial charge on any atom is -0.334 e. The molecule has 0 bridgehead atoms. The second-order valence-corrected chi connectivity index (χ2v) is 4.58. The number of anilines is 1. The molecule has 0 aliphatic rings. The first-order valence-electron chi connectivity index (χ1n) is 6.31. The smallest absolute Gasteiger partial charge is 0.226 e. The van der Waals surface area contributed by atoms with Crippen molar-refractivity contribution in [2.45, 2.75) is 26.2 Å². The summed E-state index contributed by atoms with van der Waals surface area (Å²) in [5, 5.41) is 0. The molecule has 0 saturated carbocycles. The molecule has 0 fully saturated rings. The van der Waals surface area contributed by atoms with Crippen molar-refractivity contribution >= 4 is 22.6 Å². The first-order chi connectivity index (χ1) is 8.63.